The van der Waals surface area contributed by atoms with E-state index >= 15 is 0 Å². The molecular formula is C22H35F2N8S4+. The van der Waals surface area contributed by atoms with Crippen molar-refractivity contribution in [3.63, 3.8) is 0 Å². The van der Waals surface area contributed by atoms with E-state index in [1.807, 2.05) is 10.6 Å². The summed E-state index contributed by atoms with van der Waals surface area (Å²) in [4.78, 5) is 2.34. The zero-order chi connectivity index (χ0) is 27.2. The van der Waals surface area contributed by atoms with Crippen LogP contribution in [0.4, 0.5) is 14.5 Å². The number of thiol groups is 3. The largest absolute Gasteiger partial charge is 0.355 e. The second-order valence-electron chi connectivity index (χ2n) is 8.76. The summed E-state index contributed by atoms with van der Waals surface area (Å²) in [5, 5.41) is 20.6. The molecule has 2 N–H and O–H groups in total. The topological polar surface area (TPSA) is 88.2 Å². The minimum absolute atomic E-state index is 0.130. The van der Waals surface area contributed by atoms with Gasteiger partial charge in [-0.3, -0.25) is 9.54 Å². The molecule has 1 aliphatic carbocycles. The van der Waals surface area contributed by atoms with Crippen LogP contribution in [0, 0.1) is 0 Å². The van der Waals surface area contributed by atoms with Crippen LogP contribution in [0.15, 0.2) is 12.3 Å². The molecule has 0 spiro atoms. The maximum absolute atomic E-state index is 13.0. The lowest BCUT2D eigenvalue weighted by atomic mass is 9.99. The molecule has 0 aromatic carbocycles. The normalized spacial score (nSPS) is 20.1. The van der Waals surface area contributed by atoms with Crippen LogP contribution in [0.25, 0.3) is 16.5 Å². The maximum Gasteiger partial charge on any atom is 0.291 e. The fourth-order valence-electron chi connectivity index (χ4n) is 4.13. The van der Waals surface area contributed by atoms with Crippen molar-refractivity contribution in [2.45, 2.75) is 57.5 Å². The van der Waals surface area contributed by atoms with Gasteiger partial charge in [0, 0.05) is 6.20 Å². The first kappa shape index (κ1) is 30.7. The van der Waals surface area contributed by atoms with E-state index in [1.165, 1.54) is 5.56 Å². The van der Waals surface area contributed by atoms with Crippen LogP contribution >= 0.6 is 49.4 Å². The number of pyridine rings is 1. The van der Waals surface area contributed by atoms with E-state index in [0.29, 0.717) is 28.6 Å². The Morgan fingerprint density at radius 3 is 2.17 bits per heavy atom. The molecule has 36 heavy (non-hydrogen) atoms. The number of aromatic nitrogens is 5. The van der Waals surface area contributed by atoms with E-state index in [4.69, 9.17) is 0 Å². The van der Waals surface area contributed by atoms with Crippen molar-refractivity contribution >= 4 is 67.5 Å². The molecule has 4 heterocycles. The number of fused-ring (bicyclic) bond motifs is 1. The summed E-state index contributed by atoms with van der Waals surface area (Å²) in [6, 6.07) is 2.82. The first-order valence-corrected chi connectivity index (χ1v) is 14.4. The predicted octanol–water partition coefficient (Wildman–Crippen LogP) is 4.43. The molecule has 14 heteroatoms. The van der Waals surface area contributed by atoms with Gasteiger partial charge in [0.25, 0.3) is 6.43 Å². The smallest absolute Gasteiger partial charge is 0.291 e. The van der Waals surface area contributed by atoms with Gasteiger partial charge >= 0.3 is 0 Å². The van der Waals surface area contributed by atoms with E-state index in [0.717, 1.165) is 43.0 Å². The number of halogens is 2. The van der Waals surface area contributed by atoms with Gasteiger partial charge in [-0.25, -0.2) is 13.4 Å². The highest BCUT2D eigenvalue weighted by molar-refractivity contribution is 7.79. The van der Waals surface area contributed by atoms with E-state index < -0.39 is 6.43 Å². The standard InChI is InChI=1S/C20H24F2N7S.2CH4S.H3NS/c1-11-8-28(9-12(2)27(11)4)14-7-13(20(3)5-6-20)10-29-16(14)23-24-17(29)19-26-25-18(30-19)15(21)22;3*1-2/h7,10-12,15H,4-6,8-9H2,1-3H3;2*2H,1H3;2H,1H2/q+1;;;/t11-,12?;;;/m0.../s1. The van der Waals surface area contributed by atoms with E-state index in [2.05, 4.69) is 107 Å². The lowest BCUT2D eigenvalue weighted by Crippen LogP contribution is -2.52. The molecule has 1 aliphatic heterocycles. The number of nitrogens with zero attached hydrogens (tertiary/aromatic N) is 7. The highest BCUT2D eigenvalue weighted by Gasteiger charge is 2.41. The average Bonchev–Trinajstić information content (AvgIpc) is 3.27. The third-order valence-corrected chi connectivity index (χ3v) is 7.37. The molecule has 200 valence electrons. The number of alkyl halides is 2. The van der Waals surface area contributed by atoms with Crippen molar-refractivity contribution < 1.29 is 13.4 Å². The minimum Gasteiger partial charge on any atom is -0.355 e. The first-order chi connectivity index (χ1) is 17.3. The molecule has 8 nitrogen and oxygen atoms in total. The number of piperazine rings is 1. The maximum atomic E-state index is 13.0. The van der Waals surface area contributed by atoms with Gasteiger partial charge in [0.1, 0.15) is 6.72 Å². The number of anilines is 1. The second-order valence-corrected chi connectivity index (χ2v) is 9.76. The SMILES string of the molecule is C=[N+]1C(C)CN(c2cc(C3(C)CC3)cn3c(-c4nnc(C(F)F)s4)nnc23)C[C@@H]1C.CS.CS.NS. The van der Waals surface area contributed by atoms with Gasteiger partial charge in [0.2, 0.25) is 0 Å². The molecule has 2 atom stereocenters. The fourth-order valence-corrected chi connectivity index (χ4v) is 4.81. The van der Waals surface area contributed by atoms with Crippen LogP contribution < -0.4 is 10.0 Å². The van der Waals surface area contributed by atoms with Gasteiger partial charge in [-0.2, -0.15) is 25.3 Å². The summed E-state index contributed by atoms with van der Waals surface area (Å²) in [5.41, 5.74) is 3.07. The number of hydrogen-bond acceptors (Lipinski definition) is 10. The summed E-state index contributed by atoms with van der Waals surface area (Å²) >= 11 is 10.9. The van der Waals surface area contributed by atoms with Crippen molar-refractivity contribution in [2.24, 2.45) is 5.14 Å². The van der Waals surface area contributed by atoms with Gasteiger partial charge in [-0.05, 0) is 56.2 Å². The Labute approximate surface area is 231 Å². The summed E-state index contributed by atoms with van der Waals surface area (Å²) in [7, 11) is 0. The molecule has 1 saturated carbocycles. The molecule has 2 fully saturated rings. The van der Waals surface area contributed by atoms with Crippen molar-refractivity contribution in [1.82, 2.24) is 24.8 Å². The molecule has 3 aromatic heterocycles. The summed E-state index contributed by atoms with van der Waals surface area (Å²) < 4.78 is 30.1. The molecule has 0 bridgehead atoms. The number of rotatable bonds is 4. The Bertz CT molecular complexity index is 1130. The molecule has 3 aromatic rings. The summed E-state index contributed by atoms with van der Waals surface area (Å²) in [6.07, 6.45) is 5.04. The molecule has 0 amide bonds. The summed E-state index contributed by atoms with van der Waals surface area (Å²) in [6.45, 7) is 12.4. The van der Waals surface area contributed by atoms with Gasteiger partial charge in [0.05, 0.1) is 18.8 Å². The van der Waals surface area contributed by atoms with E-state index in [1.54, 1.807) is 12.5 Å². The van der Waals surface area contributed by atoms with Crippen molar-refractivity contribution in [3.8, 4) is 10.8 Å². The number of nitrogens with two attached hydrogens (primary N) is 1. The quantitative estimate of drug-likeness (QED) is 0.271. The monoisotopic (exact) mass is 577 g/mol. The lowest BCUT2D eigenvalue weighted by molar-refractivity contribution is -0.589. The lowest BCUT2D eigenvalue weighted by Gasteiger charge is -2.34. The fraction of sp³-hybridized carbons (Fsp3) is 0.591. The van der Waals surface area contributed by atoms with Crippen molar-refractivity contribution in [2.75, 3.05) is 30.5 Å². The molecule has 2 aliphatic rings. The Kier molecular flexibility index (Phi) is 11.4. The van der Waals surface area contributed by atoms with Crippen LogP contribution in [0.1, 0.15) is 50.6 Å². The van der Waals surface area contributed by atoms with Crippen molar-refractivity contribution in [1.29, 1.82) is 0 Å². The highest BCUT2D eigenvalue weighted by atomic mass is 32.1. The second kappa shape index (κ2) is 13.4. The van der Waals surface area contributed by atoms with E-state index in [9.17, 15) is 8.78 Å². The average molecular weight is 578 g/mol. The highest BCUT2D eigenvalue weighted by Crippen LogP contribution is 2.49. The first-order valence-electron chi connectivity index (χ1n) is 11.3. The molecule has 1 unspecified atom stereocenters. The molecule has 5 rings (SSSR count). The van der Waals surface area contributed by atoms with Crippen LogP contribution in [0.5, 0.6) is 0 Å². The van der Waals surface area contributed by atoms with Gasteiger partial charge < -0.3 is 4.90 Å². The van der Waals surface area contributed by atoms with E-state index in [-0.39, 0.29) is 10.4 Å². The van der Waals surface area contributed by atoms with Crippen molar-refractivity contribution in [3.05, 3.63) is 22.8 Å². The number of hydrogen-bond donors (Lipinski definition) is 4. The van der Waals surface area contributed by atoms with Crippen LogP contribution in [0.2, 0.25) is 0 Å². The molecule has 0 radical (unpaired) electrons. The molecular weight excluding hydrogens is 543 g/mol. The van der Waals surface area contributed by atoms with Gasteiger partial charge in [-0.15, -0.1) is 33.2 Å². The van der Waals surface area contributed by atoms with Crippen LogP contribution in [-0.2, 0) is 5.41 Å². The zero-order valence-electron chi connectivity index (χ0n) is 21.1. The Balaban J connectivity index is 0.000000710. The Hall–Kier alpha value is -1.48. The predicted molar refractivity (Wildman–Crippen MR) is 155 cm³/mol. The summed E-state index contributed by atoms with van der Waals surface area (Å²) in [5.74, 6) is 0.457. The third-order valence-electron chi connectivity index (χ3n) is 6.44. The van der Waals surface area contributed by atoms with Gasteiger partial charge in [-0.1, -0.05) is 18.3 Å². The Morgan fingerprint density at radius 2 is 1.67 bits per heavy atom. The van der Waals surface area contributed by atoms with Crippen LogP contribution in [-0.4, -0.2) is 73.8 Å². The van der Waals surface area contributed by atoms with Crippen LogP contribution in [0.3, 0.4) is 0 Å². The third kappa shape index (κ3) is 6.32. The minimum atomic E-state index is -2.64. The van der Waals surface area contributed by atoms with Gasteiger partial charge in [0.15, 0.2) is 33.6 Å². The Morgan fingerprint density at radius 1 is 1.08 bits per heavy atom. The molecule has 1 saturated heterocycles. The zero-order valence-corrected chi connectivity index (χ0v) is 24.6.